The van der Waals surface area contributed by atoms with Crippen LogP contribution in [0.5, 0.6) is 0 Å². The summed E-state index contributed by atoms with van der Waals surface area (Å²) in [5.41, 5.74) is 6.69. The fraction of sp³-hybridized carbons (Fsp3) is 0.538. The van der Waals surface area contributed by atoms with E-state index in [0.717, 1.165) is 18.3 Å². The lowest BCUT2D eigenvalue weighted by molar-refractivity contribution is 0.990. The van der Waals surface area contributed by atoms with Gasteiger partial charge in [-0.1, -0.05) is 31.9 Å². The fourth-order valence-corrected chi connectivity index (χ4v) is 2.63. The molecule has 0 aromatic heterocycles. The van der Waals surface area contributed by atoms with Crippen LogP contribution in [0.25, 0.3) is 0 Å². The van der Waals surface area contributed by atoms with E-state index < -0.39 is 0 Å². The molecule has 0 bridgehead atoms. The minimum atomic E-state index is 1.02. The molecule has 0 saturated heterocycles. The molecule has 0 aliphatic carbocycles. The summed E-state index contributed by atoms with van der Waals surface area (Å²) in [6, 6.07) is 0. The molecule has 0 heterocycles. The van der Waals surface area contributed by atoms with Crippen molar-refractivity contribution in [1.82, 2.24) is 0 Å². The van der Waals surface area contributed by atoms with Gasteiger partial charge in [0.05, 0.1) is 0 Å². The van der Waals surface area contributed by atoms with Crippen molar-refractivity contribution in [3.05, 3.63) is 26.7 Å². The maximum absolute atomic E-state index is 3.67. The highest BCUT2D eigenvalue weighted by Gasteiger charge is 2.12. The standard InChI is InChI=1S/C13H19Br2N/c1-8-9(2)12(15)11(4)13(10(8)3)16-7-5-6-14/h16H,5-7H2,1-4H3. The zero-order valence-corrected chi connectivity index (χ0v) is 13.5. The molecule has 0 radical (unpaired) electrons. The third-order valence-corrected chi connectivity index (χ3v) is 4.90. The van der Waals surface area contributed by atoms with Crippen molar-refractivity contribution in [2.24, 2.45) is 0 Å². The highest BCUT2D eigenvalue weighted by atomic mass is 79.9. The number of anilines is 1. The Morgan fingerprint density at radius 3 is 2.12 bits per heavy atom. The highest BCUT2D eigenvalue weighted by molar-refractivity contribution is 9.10. The number of rotatable bonds is 4. The van der Waals surface area contributed by atoms with Gasteiger partial charge >= 0.3 is 0 Å². The molecule has 0 fully saturated rings. The van der Waals surface area contributed by atoms with Crippen LogP contribution < -0.4 is 5.32 Å². The van der Waals surface area contributed by atoms with Gasteiger partial charge in [-0.25, -0.2) is 0 Å². The Bertz CT molecular complexity index is 357. The van der Waals surface area contributed by atoms with Crippen LogP contribution in [-0.2, 0) is 0 Å². The van der Waals surface area contributed by atoms with Crippen LogP contribution in [0.1, 0.15) is 28.7 Å². The summed E-state index contributed by atoms with van der Waals surface area (Å²) >= 11 is 7.13. The molecule has 0 aliphatic rings. The molecule has 1 N–H and O–H groups in total. The summed E-state index contributed by atoms with van der Waals surface area (Å²) in [6.45, 7) is 9.73. The lowest BCUT2D eigenvalue weighted by Crippen LogP contribution is -2.07. The first-order chi connectivity index (χ1) is 7.50. The maximum atomic E-state index is 3.67. The van der Waals surface area contributed by atoms with Gasteiger partial charge in [0.1, 0.15) is 0 Å². The van der Waals surface area contributed by atoms with Crippen LogP contribution in [0, 0.1) is 27.7 Å². The highest BCUT2D eigenvalue weighted by Crippen LogP contribution is 2.34. The van der Waals surface area contributed by atoms with E-state index in [0.29, 0.717) is 0 Å². The van der Waals surface area contributed by atoms with Crippen LogP contribution in [0.3, 0.4) is 0 Å². The molecule has 1 rings (SSSR count). The number of nitrogens with one attached hydrogen (secondary N) is 1. The molecule has 1 nitrogen and oxygen atoms in total. The zero-order valence-electron chi connectivity index (χ0n) is 10.4. The predicted molar refractivity (Wildman–Crippen MR) is 80.0 cm³/mol. The van der Waals surface area contributed by atoms with Gasteiger partial charge in [0.25, 0.3) is 0 Å². The predicted octanol–water partition coefficient (Wildman–Crippen LogP) is 4.88. The van der Waals surface area contributed by atoms with Gasteiger partial charge < -0.3 is 5.32 Å². The van der Waals surface area contributed by atoms with Gasteiger partial charge in [-0.2, -0.15) is 0 Å². The molecule has 0 amide bonds. The second kappa shape index (κ2) is 6.06. The van der Waals surface area contributed by atoms with E-state index in [1.54, 1.807) is 0 Å². The number of hydrogen-bond acceptors (Lipinski definition) is 1. The van der Waals surface area contributed by atoms with Crippen molar-refractivity contribution in [3.63, 3.8) is 0 Å². The van der Waals surface area contributed by atoms with Crippen LogP contribution in [0.15, 0.2) is 4.47 Å². The Hall–Kier alpha value is -0.0200. The smallest absolute Gasteiger partial charge is 0.0413 e. The molecular weight excluding hydrogens is 330 g/mol. The van der Waals surface area contributed by atoms with Gasteiger partial charge in [-0.3, -0.25) is 0 Å². The summed E-state index contributed by atoms with van der Waals surface area (Å²) in [7, 11) is 0. The molecule has 0 aliphatic heterocycles. The Morgan fingerprint density at radius 2 is 1.56 bits per heavy atom. The Labute approximate surface area is 115 Å². The number of halogens is 2. The largest absolute Gasteiger partial charge is 0.385 e. The zero-order chi connectivity index (χ0) is 12.3. The van der Waals surface area contributed by atoms with Crippen LogP contribution in [0.4, 0.5) is 5.69 Å². The van der Waals surface area contributed by atoms with E-state index in [1.165, 1.54) is 32.4 Å². The molecule has 0 saturated carbocycles. The lowest BCUT2D eigenvalue weighted by Gasteiger charge is -2.18. The Kier molecular flexibility index (Phi) is 5.32. The normalized spacial score (nSPS) is 10.6. The molecule has 16 heavy (non-hydrogen) atoms. The second-order valence-corrected chi connectivity index (χ2v) is 5.74. The summed E-state index contributed by atoms with van der Waals surface area (Å²) in [4.78, 5) is 0. The first-order valence-corrected chi connectivity index (χ1v) is 7.47. The van der Waals surface area contributed by atoms with Gasteiger partial charge in [0.15, 0.2) is 0 Å². The van der Waals surface area contributed by atoms with E-state index in [-0.39, 0.29) is 0 Å². The molecule has 1 aromatic rings. The maximum Gasteiger partial charge on any atom is 0.0413 e. The van der Waals surface area contributed by atoms with Gasteiger partial charge in [0.2, 0.25) is 0 Å². The van der Waals surface area contributed by atoms with E-state index in [2.05, 4.69) is 64.9 Å². The van der Waals surface area contributed by atoms with Crippen LogP contribution in [-0.4, -0.2) is 11.9 Å². The quantitative estimate of drug-likeness (QED) is 0.604. The monoisotopic (exact) mass is 347 g/mol. The average molecular weight is 349 g/mol. The van der Waals surface area contributed by atoms with Crippen LogP contribution in [0.2, 0.25) is 0 Å². The topological polar surface area (TPSA) is 12.0 Å². The number of hydrogen-bond donors (Lipinski definition) is 1. The summed E-state index contributed by atoms with van der Waals surface area (Å²) in [5.74, 6) is 0. The fourth-order valence-electron chi connectivity index (χ4n) is 1.85. The van der Waals surface area contributed by atoms with Gasteiger partial charge in [0, 0.05) is 22.0 Å². The van der Waals surface area contributed by atoms with E-state index in [4.69, 9.17) is 0 Å². The van der Waals surface area contributed by atoms with E-state index in [1.807, 2.05) is 0 Å². The van der Waals surface area contributed by atoms with Crippen molar-refractivity contribution in [1.29, 1.82) is 0 Å². The Morgan fingerprint density at radius 1 is 0.938 bits per heavy atom. The van der Waals surface area contributed by atoms with Crippen molar-refractivity contribution < 1.29 is 0 Å². The summed E-state index contributed by atoms with van der Waals surface area (Å²) in [6.07, 6.45) is 1.14. The first kappa shape index (κ1) is 14.0. The molecule has 90 valence electrons. The lowest BCUT2D eigenvalue weighted by atomic mass is 9.98. The third-order valence-electron chi connectivity index (χ3n) is 3.15. The van der Waals surface area contributed by atoms with E-state index >= 15 is 0 Å². The van der Waals surface area contributed by atoms with Crippen LogP contribution >= 0.6 is 31.9 Å². The van der Waals surface area contributed by atoms with Crippen molar-refractivity contribution in [2.45, 2.75) is 34.1 Å². The second-order valence-electron chi connectivity index (χ2n) is 4.16. The first-order valence-electron chi connectivity index (χ1n) is 5.56. The number of benzene rings is 1. The molecule has 0 spiro atoms. The van der Waals surface area contributed by atoms with Gasteiger partial charge in [-0.15, -0.1) is 0 Å². The third kappa shape index (κ3) is 2.80. The molecule has 0 atom stereocenters. The van der Waals surface area contributed by atoms with Gasteiger partial charge in [-0.05, 0) is 56.4 Å². The summed E-state index contributed by atoms with van der Waals surface area (Å²) < 4.78 is 1.23. The summed E-state index contributed by atoms with van der Waals surface area (Å²) in [5, 5.41) is 4.58. The van der Waals surface area contributed by atoms with Crippen molar-refractivity contribution in [2.75, 3.05) is 17.2 Å². The minimum Gasteiger partial charge on any atom is -0.385 e. The SMILES string of the molecule is Cc1c(C)c(Br)c(C)c(NCCCBr)c1C. The molecule has 3 heteroatoms. The number of alkyl halides is 1. The van der Waals surface area contributed by atoms with Crippen molar-refractivity contribution in [3.8, 4) is 0 Å². The molecular formula is C13H19Br2N. The average Bonchev–Trinajstić information content (AvgIpc) is 2.28. The van der Waals surface area contributed by atoms with Crippen molar-refractivity contribution >= 4 is 37.5 Å². The molecule has 1 aromatic carbocycles. The minimum absolute atomic E-state index is 1.02. The van der Waals surface area contributed by atoms with E-state index in [9.17, 15) is 0 Å². The Balaban J connectivity index is 3.08. The molecule has 0 unspecified atom stereocenters.